The summed E-state index contributed by atoms with van der Waals surface area (Å²) >= 11 is -2.84. The standard InChI is InChI=1S/4CH2O2.Al.Na/c4*2-1-3;;/h4*1H,(H,2,3);;/q;;;;+3;+1/p-4. The SMILES string of the molecule is O=C[O-].O=C[O][Al]([O]C=O)[O]C=O.[Na+]. The Balaban J connectivity index is -0.000000267. The van der Waals surface area contributed by atoms with Crippen molar-refractivity contribution in [2.45, 2.75) is 0 Å². The maximum absolute atomic E-state index is 9.59. The summed E-state index contributed by atoms with van der Waals surface area (Å²) in [6.45, 7) is -0.363. The van der Waals surface area contributed by atoms with Crippen molar-refractivity contribution in [3.05, 3.63) is 0 Å². The second-order valence-corrected chi connectivity index (χ2v) is 2.48. The second-order valence-electron chi connectivity index (χ2n) is 1.08. The first-order valence-electron chi connectivity index (χ1n) is 2.59. The first-order chi connectivity index (χ1) is 6.26. The fourth-order valence-electron chi connectivity index (χ4n) is 0.232. The van der Waals surface area contributed by atoms with Crippen molar-refractivity contribution < 1.29 is 65.2 Å². The molecule has 10 heteroatoms. The first-order valence-corrected chi connectivity index (χ1v) is 4.01. The van der Waals surface area contributed by atoms with Gasteiger partial charge >= 0.3 is 44.7 Å². The van der Waals surface area contributed by atoms with Crippen LogP contribution in [-0.4, -0.2) is 41.0 Å². The molecule has 0 radical (unpaired) electrons. The van der Waals surface area contributed by atoms with Crippen molar-refractivity contribution in [1.29, 1.82) is 0 Å². The van der Waals surface area contributed by atoms with E-state index in [-0.39, 0.29) is 49.0 Å². The molecule has 0 aromatic rings. The van der Waals surface area contributed by atoms with E-state index in [0.29, 0.717) is 0 Å². The number of hydrogen-bond acceptors (Lipinski definition) is 8. The van der Waals surface area contributed by atoms with Gasteiger partial charge in [-0.1, -0.05) is 0 Å². The van der Waals surface area contributed by atoms with Gasteiger partial charge in [0.2, 0.25) is 0 Å². The molecular formula is C4H4AlNaO8. The van der Waals surface area contributed by atoms with Crippen molar-refractivity contribution in [3.8, 4) is 0 Å². The summed E-state index contributed by atoms with van der Waals surface area (Å²) in [5.74, 6) is 0. The van der Waals surface area contributed by atoms with Crippen molar-refractivity contribution >= 4 is 41.0 Å². The predicted octanol–water partition coefficient (Wildman–Crippen LogP) is -6.14. The van der Waals surface area contributed by atoms with Gasteiger partial charge in [-0.25, -0.2) is 0 Å². The summed E-state index contributed by atoms with van der Waals surface area (Å²) in [6.07, 6.45) is 0. The van der Waals surface area contributed by atoms with Crippen LogP contribution < -0.4 is 34.7 Å². The molecule has 0 aromatic heterocycles. The Morgan fingerprint density at radius 1 is 0.857 bits per heavy atom. The third-order valence-corrected chi connectivity index (χ3v) is 1.50. The van der Waals surface area contributed by atoms with Crippen LogP contribution in [0.1, 0.15) is 0 Å². The average Bonchev–Trinajstić information content (AvgIpc) is 2.07. The zero-order valence-electron chi connectivity index (χ0n) is 7.15. The summed E-state index contributed by atoms with van der Waals surface area (Å²) in [6, 6.07) is 0. The van der Waals surface area contributed by atoms with E-state index in [1.165, 1.54) is 0 Å². The summed E-state index contributed by atoms with van der Waals surface area (Å²) < 4.78 is 12.2. The van der Waals surface area contributed by atoms with Crippen LogP contribution in [-0.2, 0) is 30.5 Å². The average molecular weight is 230 g/mol. The van der Waals surface area contributed by atoms with E-state index in [1.54, 1.807) is 0 Å². The molecule has 0 atom stereocenters. The number of carbonyl (C=O) groups excluding carboxylic acids is 4. The van der Waals surface area contributed by atoms with Gasteiger partial charge in [0.25, 0.3) is 19.4 Å². The molecule has 0 N–H and O–H groups in total. The third kappa shape index (κ3) is 17.5. The van der Waals surface area contributed by atoms with Gasteiger partial charge in [0, 0.05) is 6.47 Å². The molecule has 0 aliphatic carbocycles. The van der Waals surface area contributed by atoms with Gasteiger partial charge in [0.05, 0.1) is 0 Å². The topological polar surface area (TPSA) is 119 Å². The van der Waals surface area contributed by atoms with E-state index in [0.717, 1.165) is 0 Å². The molecule has 0 aromatic carbocycles. The van der Waals surface area contributed by atoms with E-state index in [4.69, 9.17) is 9.90 Å². The Kier molecular flexibility index (Phi) is 24.8. The Morgan fingerprint density at radius 3 is 1.21 bits per heavy atom. The molecule has 0 rings (SSSR count). The summed E-state index contributed by atoms with van der Waals surface area (Å²) in [4.78, 5) is 37.0. The van der Waals surface area contributed by atoms with Crippen molar-refractivity contribution in [2.75, 3.05) is 0 Å². The largest absolute Gasteiger partial charge is 1.20 e. The van der Waals surface area contributed by atoms with Crippen LogP contribution in [0.2, 0.25) is 0 Å². The molecule has 0 saturated heterocycles. The number of hydrogen-bond donors (Lipinski definition) is 0. The van der Waals surface area contributed by atoms with Crippen LogP contribution in [0.4, 0.5) is 0 Å². The van der Waals surface area contributed by atoms with Crippen LogP contribution in [0.3, 0.4) is 0 Å². The van der Waals surface area contributed by atoms with E-state index < -0.39 is 21.6 Å². The van der Waals surface area contributed by atoms with Gasteiger partial charge in [-0.15, -0.1) is 0 Å². The first kappa shape index (κ1) is 19.1. The quantitative estimate of drug-likeness (QED) is 0.326. The zero-order valence-corrected chi connectivity index (χ0v) is 10.3. The molecule has 72 valence electrons. The molecule has 0 aliphatic heterocycles. The smallest absolute Gasteiger partial charge is 0.554 e. The van der Waals surface area contributed by atoms with E-state index >= 15 is 0 Å². The maximum Gasteiger partial charge on any atom is 1.20 e. The molecule has 0 amide bonds. The van der Waals surface area contributed by atoms with Crippen LogP contribution in [0.15, 0.2) is 0 Å². The predicted molar refractivity (Wildman–Crippen MR) is 33.3 cm³/mol. The molecule has 0 bridgehead atoms. The molecule has 8 nitrogen and oxygen atoms in total. The minimum absolute atomic E-state index is 0. The minimum Gasteiger partial charge on any atom is -0.554 e. The summed E-state index contributed by atoms with van der Waals surface area (Å²) in [7, 11) is 0. The Bertz CT molecular complexity index is 140. The van der Waals surface area contributed by atoms with Crippen molar-refractivity contribution in [3.63, 3.8) is 0 Å². The monoisotopic (exact) mass is 230 g/mol. The molecule has 0 spiro atoms. The molecule has 14 heavy (non-hydrogen) atoms. The second kappa shape index (κ2) is 18.2. The molecule has 0 unspecified atom stereocenters. The Labute approximate surface area is 106 Å². The van der Waals surface area contributed by atoms with Gasteiger partial charge in [-0.3, -0.25) is 14.4 Å². The molecule has 0 fully saturated rings. The fraction of sp³-hybridized carbons (Fsp3) is 0. The number of rotatable bonds is 6. The Hall–Kier alpha value is -0.588. The van der Waals surface area contributed by atoms with Crippen molar-refractivity contribution in [2.24, 2.45) is 0 Å². The minimum atomic E-state index is -2.84. The molecular weight excluding hydrogens is 226 g/mol. The van der Waals surface area contributed by atoms with Gasteiger partial charge in [0.15, 0.2) is 0 Å². The van der Waals surface area contributed by atoms with Gasteiger partial charge in [-0.2, -0.15) is 0 Å². The molecule has 0 aliphatic rings. The normalized spacial score (nSPS) is 6.00. The van der Waals surface area contributed by atoms with Gasteiger partial charge < -0.3 is 21.3 Å². The van der Waals surface area contributed by atoms with Crippen molar-refractivity contribution in [1.82, 2.24) is 0 Å². The third-order valence-electron chi connectivity index (χ3n) is 0.500. The van der Waals surface area contributed by atoms with Crippen LogP contribution in [0, 0.1) is 0 Å². The van der Waals surface area contributed by atoms with Gasteiger partial charge in [0.1, 0.15) is 0 Å². The fourth-order valence-corrected chi connectivity index (χ4v) is 0.697. The Morgan fingerprint density at radius 2 is 1.07 bits per heavy atom. The maximum atomic E-state index is 9.59. The summed E-state index contributed by atoms with van der Waals surface area (Å²) in [5.41, 5.74) is 0. The van der Waals surface area contributed by atoms with Gasteiger partial charge in [-0.05, 0) is 0 Å². The van der Waals surface area contributed by atoms with E-state index in [2.05, 4.69) is 11.4 Å². The summed E-state index contributed by atoms with van der Waals surface area (Å²) in [5, 5.41) is 8.25. The molecule has 0 heterocycles. The number of carboxylic acid groups (broad SMARTS) is 1. The molecule has 0 saturated carbocycles. The van der Waals surface area contributed by atoms with E-state index in [1.807, 2.05) is 0 Å². The van der Waals surface area contributed by atoms with Crippen LogP contribution in [0.25, 0.3) is 0 Å². The van der Waals surface area contributed by atoms with Crippen LogP contribution >= 0.6 is 0 Å². The van der Waals surface area contributed by atoms with Crippen LogP contribution in [0.5, 0.6) is 0 Å². The number of carbonyl (C=O) groups is 4. The van der Waals surface area contributed by atoms with E-state index in [9.17, 15) is 14.4 Å². The zero-order chi connectivity index (χ0) is 10.5.